The summed E-state index contributed by atoms with van der Waals surface area (Å²) in [5.41, 5.74) is 1.32. The summed E-state index contributed by atoms with van der Waals surface area (Å²) in [4.78, 5) is 2.07. The summed E-state index contributed by atoms with van der Waals surface area (Å²) in [6.45, 7) is 0. The lowest BCUT2D eigenvalue weighted by Crippen LogP contribution is -2.17. The van der Waals surface area contributed by atoms with Crippen molar-refractivity contribution in [3.8, 4) is 0 Å². The molecule has 0 atom stereocenters. The normalized spacial score (nSPS) is 11.2. The number of hydrogen-bond acceptors (Lipinski definition) is 3. The summed E-state index contributed by atoms with van der Waals surface area (Å²) in [6, 6.07) is 12.0. The molecular weight excluding hydrogens is 420 g/mol. The average Bonchev–Trinajstić information content (AvgIpc) is 2.38. The first-order valence-electron chi connectivity index (χ1n) is 6.05. The molecule has 0 unspecified atom stereocenters. The van der Waals surface area contributed by atoms with E-state index in [1.807, 2.05) is 31.1 Å². The van der Waals surface area contributed by atoms with Gasteiger partial charge in [-0.05, 0) is 42.5 Å². The molecule has 112 valence electrons. The number of rotatable bonds is 4. The fourth-order valence-corrected chi connectivity index (χ4v) is 3.49. The van der Waals surface area contributed by atoms with Crippen molar-refractivity contribution in [2.24, 2.45) is 0 Å². The van der Waals surface area contributed by atoms with Gasteiger partial charge in [0.15, 0.2) is 0 Å². The molecule has 2 aromatic rings. The van der Waals surface area contributed by atoms with Gasteiger partial charge in [0.25, 0.3) is 10.0 Å². The number of hydrogen-bond donors (Lipinski definition) is 1. The Morgan fingerprint density at radius 1 is 0.952 bits per heavy atom. The highest BCUT2D eigenvalue weighted by Crippen LogP contribution is 2.30. The third kappa shape index (κ3) is 3.99. The molecule has 0 saturated heterocycles. The van der Waals surface area contributed by atoms with Crippen molar-refractivity contribution in [3.63, 3.8) is 0 Å². The Balaban J connectivity index is 2.41. The number of benzene rings is 2. The Bertz CT molecular complexity index is 744. The molecule has 0 bridgehead atoms. The number of nitrogens with one attached hydrogen (secondary N) is 1. The molecule has 0 radical (unpaired) electrons. The maximum Gasteiger partial charge on any atom is 0.261 e. The van der Waals surface area contributed by atoms with Crippen LogP contribution in [-0.2, 0) is 10.0 Å². The molecule has 2 rings (SSSR count). The van der Waals surface area contributed by atoms with Crippen LogP contribution in [0.25, 0.3) is 0 Å². The van der Waals surface area contributed by atoms with Crippen LogP contribution < -0.4 is 9.62 Å². The minimum Gasteiger partial charge on any atom is -0.376 e. The smallest absolute Gasteiger partial charge is 0.261 e. The minimum atomic E-state index is -3.62. The van der Waals surface area contributed by atoms with Gasteiger partial charge in [0.2, 0.25) is 0 Å². The summed E-state index contributed by atoms with van der Waals surface area (Å²) in [5, 5.41) is 0. The zero-order valence-electron chi connectivity index (χ0n) is 11.5. The molecule has 1 N–H and O–H groups in total. The van der Waals surface area contributed by atoms with Gasteiger partial charge < -0.3 is 4.90 Å². The second kappa shape index (κ2) is 6.37. The van der Waals surface area contributed by atoms with E-state index in [1.165, 1.54) is 0 Å². The van der Waals surface area contributed by atoms with Gasteiger partial charge in [0.05, 0.1) is 16.3 Å². The largest absolute Gasteiger partial charge is 0.376 e. The van der Waals surface area contributed by atoms with Crippen molar-refractivity contribution < 1.29 is 8.42 Å². The molecule has 0 aliphatic heterocycles. The van der Waals surface area contributed by atoms with Crippen LogP contribution in [-0.4, -0.2) is 22.5 Å². The summed E-state index contributed by atoms with van der Waals surface area (Å²) in [6.07, 6.45) is 0. The van der Waals surface area contributed by atoms with Gasteiger partial charge in [-0.1, -0.05) is 31.9 Å². The van der Waals surface area contributed by atoms with E-state index in [4.69, 9.17) is 0 Å². The van der Waals surface area contributed by atoms with Crippen LogP contribution in [0.4, 0.5) is 11.4 Å². The summed E-state index contributed by atoms with van der Waals surface area (Å²) < 4.78 is 29.1. The van der Waals surface area contributed by atoms with Gasteiger partial charge in [-0.25, -0.2) is 8.42 Å². The summed E-state index contributed by atoms with van der Waals surface area (Å²) in [5.74, 6) is 0. The predicted octanol–water partition coefficient (Wildman–Crippen LogP) is 4.08. The van der Waals surface area contributed by atoms with Gasteiger partial charge in [0.1, 0.15) is 0 Å². The van der Waals surface area contributed by atoms with Crippen LogP contribution >= 0.6 is 31.9 Å². The minimum absolute atomic E-state index is 0.218. The molecule has 0 amide bonds. The molecule has 0 fully saturated rings. The monoisotopic (exact) mass is 432 g/mol. The lowest BCUT2D eigenvalue weighted by atomic mass is 10.2. The first-order valence-corrected chi connectivity index (χ1v) is 9.12. The highest BCUT2D eigenvalue weighted by atomic mass is 79.9. The highest BCUT2D eigenvalue weighted by molar-refractivity contribution is 9.10. The number of sulfonamides is 1. The predicted molar refractivity (Wildman–Crippen MR) is 93.4 cm³/mol. The van der Waals surface area contributed by atoms with Crippen molar-refractivity contribution >= 4 is 53.3 Å². The number of anilines is 2. The Kier molecular flexibility index (Phi) is 4.95. The second-order valence-electron chi connectivity index (χ2n) is 4.62. The second-order valence-corrected chi connectivity index (χ2v) is 8.13. The molecule has 21 heavy (non-hydrogen) atoms. The van der Waals surface area contributed by atoms with E-state index < -0.39 is 10.0 Å². The van der Waals surface area contributed by atoms with Crippen molar-refractivity contribution in [1.82, 2.24) is 0 Å². The molecule has 7 heteroatoms. The van der Waals surface area contributed by atoms with E-state index in [-0.39, 0.29) is 4.90 Å². The molecule has 0 heterocycles. The van der Waals surface area contributed by atoms with Crippen LogP contribution in [0.1, 0.15) is 0 Å². The number of nitrogens with zero attached hydrogens (tertiary/aromatic N) is 1. The summed E-state index contributed by atoms with van der Waals surface area (Å²) in [7, 11) is 0.102. The van der Waals surface area contributed by atoms with E-state index >= 15 is 0 Å². The molecule has 0 aliphatic carbocycles. The molecule has 4 nitrogen and oxygen atoms in total. The fraction of sp³-hybridized carbons (Fsp3) is 0.143. The van der Waals surface area contributed by atoms with Crippen molar-refractivity contribution in [2.45, 2.75) is 4.90 Å². The van der Waals surface area contributed by atoms with Crippen molar-refractivity contribution in [3.05, 3.63) is 51.4 Å². The first kappa shape index (κ1) is 16.3. The van der Waals surface area contributed by atoms with Crippen LogP contribution in [0.3, 0.4) is 0 Å². The first-order chi connectivity index (χ1) is 9.79. The van der Waals surface area contributed by atoms with Gasteiger partial charge in [-0.2, -0.15) is 0 Å². The van der Waals surface area contributed by atoms with Crippen molar-refractivity contribution in [2.75, 3.05) is 23.7 Å². The standard InChI is InChI=1S/C14H14Br2N2O2S/c1-18(2)14-8-5-11(16)9-13(14)17-21(19,20)12-6-3-10(15)4-7-12/h3-9,17H,1-2H3. The lowest BCUT2D eigenvalue weighted by Gasteiger charge is -2.19. The molecule has 0 aromatic heterocycles. The quantitative estimate of drug-likeness (QED) is 0.790. The highest BCUT2D eigenvalue weighted by Gasteiger charge is 2.16. The van der Waals surface area contributed by atoms with Crippen LogP contribution in [0.2, 0.25) is 0 Å². The van der Waals surface area contributed by atoms with Gasteiger partial charge >= 0.3 is 0 Å². The zero-order valence-corrected chi connectivity index (χ0v) is 15.5. The van der Waals surface area contributed by atoms with E-state index in [2.05, 4.69) is 36.6 Å². The molecule has 0 spiro atoms. The molecule has 0 aliphatic rings. The van der Waals surface area contributed by atoms with E-state index in [9.17, 15) is 8.42 Å². The fourth-order valence-electron chi connectivity index (χ4n) is 1.80. The van der Waals surface area contributed by atoms with Gasteiger partial charge in [0, 0.05) is 23.0 Å². The molecule has 0 saturated carbocycles. The Labute approximate surface area is 141 Å². The Morgan fingerprint density at radius 3 is 2.10 bits per heavy atom. The van der Waals surface area contributed by atoms with Crippen LogP contribution in [0, 0.1) is 0 Å². The Hall–Kier alpha value is -1.05. The third-order valence-electron chi connectivity index (χ3n) is 2.81. The summed E-state index contributed by atoms with van der Waals surface area (Å²) >= 11 is 6.65. The van der Waals surface area contributed by atoms with Crippen LogP contribution in [0.15, 0.2) is 56.3 Å². The van der Waals surface area contributed by atoms with E-state index in [0.717, 1.165) is 14.6 Å². The average molecular weight is 434 g/mol. The molecule has 2 aromatic carbocycles. The van der Waals surface area contributed by atoms with Gasteiger partial charge in [-0.3, -0.25) is 4.72 Å². The van der Waals surface area contributed by atoms with Gasteiger partial charge in [-0.15, -0.1) is 0 Å². The molecular formula is C14H14Br2N2O2S. The topological polar surface area (TPSA) is 49.4 Å². The maximum atomic E-state index is 12.4. The number of halogens is 2. The third-order valence-corrected chi connectivity index (χ3v) is 5.21. The van der Waals surface area contributed by atoms with E-state index in [0.29, 0.717) is 5.69 Å². The maximum absolute atomic E-state index is 12.4. The SMILES string of the molecule is CN(C)c1ccc(Br)cc1NS(=O)(=O)c1ccc(Br)cc1. The van der Waals surface area contributed by atoms with Crippen molar-refractivity contribution in [1.29, 1.82) is 0 Å². The zero-order chi connectivity index (χ0) is 15.6. The lowest BCUT2D eigenvalue weighted by molar-refractivity contribution is 0.601. The Morgan fingerprint density at radius 2 is 1.52 bits per heavy atom. The van der Waals surface area contributed by atoms with Crippen LogP contribution in [0.5, 0.6) is 0 Å². The van der Waals surface area contributed by atoms with E-state index in [1.54, 1.807) is 30.3 Å².